The fourth-order valence-corrected chi connectivity index (χ4v) is 3.16. The van der Waals surface area contributed by atoms with Crippen LogP contribution in [0, 0.1) is 11.8 Å². The molecule has 0 saturated heterocycles. The van der Waals surface area contributed by atoms with E-state index in [1.165, 1.54) is 77.0 Å². The van der Waals surface area contributed by atoms with Crippen LogP contribution in [-0.2, 0) is 11.3 Å². The molecule has 0 aliphatic rings. The van der Waals surface area contributed by atoms with Crippen LogP contribution in [0.2, 0.25) is 0 Å². The number of carboxylic acids is 1. The average Bonchev–Trinajstić information content (AvgIpc) is 2.70. The molecule has 0 unspecified atom stereocenters. The van der Waals surface area contributed by atoms with Gasteiger partial charge in [-0.3, -0.25) is 0 Å². The van der Waals surface area contributed by atoms with E-state index in [0.29, 0.717) is 18.8 Å². The van der Waals surface area contributed by atoms with Crippen LogP contribution in [0.25, 0.3) is 0 Å². The fraction of sp³-hybridized carbons (Fsp3) is 0.640. The van der Waals surface area contributed by atoms with Gasteiger partial charge in [-0.1, -0.05) is 95.6 Å². The molecule has 0 spiro atoms. The van der Waals surface area contributed by atoms with Gasteiger partial charge >= 0.3 is 5.97 Å². The van der Waals surface area contributed by atoms with E-state index in [1.54, 1.807) is 24.3 Å². The van der Waals surface area contributed by atoms with E-state index >= 15 is 0 Å². The standard InChI is InChI=1S/C25H38O3/c1-2-3-4-5-6-7-8-9-10-11-12-13-14-15-16-21-28-22-23-17-19-24(20-18-23)25(26)27/h17-20H,2-14,21-22H2,1H3,(H,26,27). The van der Waals surface area contributed by atoms with Crippen molar-refractivity contribution in [3.63, 3.8) is 0 Å². The lowest BCUT2D eigenvalue weighted by Gasteiger charge is -2.02. The molecule has 0 heterocycles. The highest BCUT2D eigenvalue weighted by atomic mass is 16.5. The van der Waals surface area contributed by atoms with Gasteiger partial charge in [0.25, 0.3) is 0 Å². The molecule has 1 aromatic rings. The SMILES string of the molecule is CCCCCCCCCCCCCCC#CCOCc1ccc(C(=O)O)cc1. The predicted molar refractivity (Wildman–Crippen MR) is 117 cm³/mol. The summed E-state index contributed by atoms with van der Waals surface area (Å²) >= 11 is 0. The number of aromatic carboxylic acids is 1. The van der Waals surface area contributed by atoms with Gasteiger partial charge in [-0.05, 0) is 24.1 Å². The number of hydrogen-bond acceptors (Lipinski definition) is 2. The monoisotopic (exact) mass is 386 g/mol. The largest absolute Gasteiger partial charge is 0.478 e. The second-order valence-electron chi connectivity index (χ2n) is 7.49. The molecule has 156 valence electrons. The summed E-state index contributed by atoms with van der Waals surface area (Å²) in [5.41, 5.74) is 1.26. The lowest BCUT2D eigenvalue weighted by atomic mass is 10.0. The van der Waals surface area contributed by atoms with Crippen LogP contribution in [0.4, 0.5) is 0 Å². The fourth-order valence-electron chi connectivity index (χ4n) is 3.16. The highest BCUT2D eigenvalue weighted by Crippen LogP contribution is 2.12. The Hall–Kier alpha value is -1.79. The molecule has 1 rings (SSSR count). The van der Waals surface area contributed by atoms with Crippen molar-refractivity contribution in [3.05, 3.63) is 35.4 Å². The Morgan fingerprint density at radius 3 is 1.89 bits per heavy atom. The smallest absolute Gasteiger partial charge is 0.335 e. The summed E-state index contributed by atoms with van der Waals surface area (Å²) in [6.07, 6.45) is 17.3. The molecule has 3 heteroatoms. The third kappa shape index (κ3) is 13.4. The molecular weight excluding hydrogens is 348 g/mol. The van der Waals surface area contributed by atoms with Crippen molar-refractivity contribution in [3.8, 4) is 11.8 Å². The maximum Gasteiger partial charge on any atom is 0.335 e. The van der Waals surface area contributed by atoms with Gasteiger partial charge in [0.2, 0.25) is 0 Å². The van der Waals surface area contributed by atoms with Crippen LogP contribution in [-0.4, -0.2) is 17.7 Å². The minimum absolute atomic E-state index is 0.297. The van der Waals surface area contributed by atoms with Gasteiger partial charge in [-0.15, -0.1) is 5.92 Å². The molecule has 0 atom stereocenters. The van der Waals surface area contributed by atoms with E-state index in [-0.39, 0.29) is 0 Å². The molecule has 0 aromatic heterocycles. The Kier molecular flexibility index (Phi) is 15.0. The van der Waals surface area contributed by atoms with E-state index < -0.39 is 5.97 Å². The first-order chi connectivity index (χ1) is 13.7. The predicted octanol–water partition coefficient (Wildman–Crippen LogP) is 7.00. The van der Waals surface area contributed by atoms with Gasteiger partial charge in [-0.2, -0.15) is 0 Å². The van der Waals surface area contributed by atoms with Crippen molar-refractivity contribution in [2.75, 3.05) is 6.61 Å². The van der Waals surface area contributed by atoms with Crippen LogP contribution in [0.15, 0.2) is 24.3 Å². The first-order valence-corrected chi connectivity index (χ1v) is 11.1. The molecule has 0 radical (unpaired) electrons. The van der Waals surface area contributed by atoms with Gasteiger partial charge in [0, 0.05) is 6.42 Å². The Morgan fingerprint density at radius 1 is 0.821 bits per heavy atom. The minimum atomic E-state index is -0.906. The molecule has 0 amide bonds. The second kappa shape index (κ2) is 17.3. The number of unbranched alkanes of at least 4 members (excludes halogenated alkanes) is 12. The van der Waals surface area contributed by atoms with E-state index in [2.05, 4.69) is 18.8 Å². The minimum Gasteiger partial charge on any atom is -0.478 e. The van der Waals surface area contributed by atoms with Gasteiger partial charge in [-0.25, -0.2) is 4.79 Å². The third-order valence-electron chi connectivity index (χ3n) is 4.92. The van der Waals surface area contributed by atoms with Crippen molar-refractivity contribution in [1.82, 2.24) is 0 Å². The van der Waals surface area contributed by atoms with Crippen LogP contribution in [0.3, 0.4) is 0 Å². The lowest BCUT2D eigenvalue weighted by molar-refractivity contribution is 0.0696. The van der Waals surface area contributed by atoms with Crippen LogP contribution in [0.5, 0.6) is 0 Å². The zero-order valence-corrected chi connectivity index (χ0v) is 17.7. The number of hydrogen-bond donors (Lipinski definition) is 1. The summed E-state index contributed by atoms with van der Waals surface area (Å²) in [6, 6.07) is 6.76. The van der Waals surface area contributed by atoms with E-state index in [0.717, 1.165) is 12.0 Å². The topological polar surface area (TPSA) is 46.5 Å². The Bertz CT molecular complexity index is 566. The molecule has 0 aliphatic carbocycles. The molecule has 0 fully saturated rings. The number of carboxylic acid groups (broad SMARTS) is 1. The molecule has 0 bridgehead atoms. The van der Waals surface area contributed by atoms with Crippen LogP contribution >= 0.6 is 0 Å². The van der Waals surface area contributed by atoms with Gasteiger partial charge in [0.15, 0.2) is 0 Å². The first kappa shape index (κ1) is 24.2. The Morgan fingerprint density at radius 2 is 1.36 bits per heavy atom. The summed E-state index contributed by atoms with van der Waals surface area (Å²) in [5.74, 6) is 5.33. The first-order valence-electron chi connectivity index (χ1n) is 11.1. The number of carbonyl (C=O) groups is 1. The summed E-state index contributed by atoms with van der Waals surface area (Å²) in [7, 11) is 0. The molecule has 1 N–H and O–H groups in total. The van der Waals surface area contributed by atoms with Gasteiger partial charge in [0.1, 0.15) is 6.61 Å². The summed E-state index contributed by atoms with van der Waals surface area (Å²) < 4.78 is 5.51. The van der Waals surface area contributed by atoms with Crippen molar-refractivity contribution in [2.45, 2.75) is 97.0 Å². The summed E-state index contributed by atoms with van der Waals surface area (Å²) in [4.78, 5) is 10.8. The number of benzene rings is 1. The average molecular weight is 387 g/mol. The zero-order chi connectivity index (χ0) is 20.3. The number of rotatable bonds is 16. The molecule has 28 heavy (non-hydrogen) atoms. The Labute approximate surface area is 171 Å². The molecular formula is C25H38O3. The molecule has 0 aliphatic heterocycles. The van der Waals surface area contributed by atoms with Crippen LogP contribution in [0.1, 0.15) is 106 Å². The molecule has 1 aromatic carbocycles. The van der Waals surface area contributed by atoms with Crippen molar-refractivity contribution >= 4 is 5.97 Å². The van der Waals surface area contributed by atoms with E-state index in [1.807, 2.05) is 0 Å². The maximum atomic E-state index is 10.8. The Balaban J connectivity index is 1.87. The zero-order valence-electron chi connectivity index (χ0n) is 17.7. The lowest BCUT2D eigenvalue weighted by Crippen LogP contribution is -1.97. The van der Waals surface area contributed by atoms with Crippen LogP contribution < -0.4 is 0 Å². The summed E-state index contributed by atoms with van der Waals surface area (Å²) in [6.45, 7) is 3.16. The van der Waals surface area contributed by atoms with Gasteiger partial charge < -0.3 is 9.84 Å². The van der Waals surface area contributed by atoms with Crippen molar-refractivity contribution in [2.24, 2.45) is 0 Å². The molecule has 3 nitrogen and oxygen atoms in total. The van der Waals surface area contributed by atoms with Crippen molar-refractivity contribution in [1.29, 1.82) is 0 Å². The van der Waals surface area contributed by atoms with Crippen molar-refractivity contribution < 1.29 is 14.6 Å². The summed E-state index contributed by atoms with van der Waals surface area (Å²) in [5, 5.41) is 8.86. The normalized spacial score (nSPS) is 10.5. The maximum absolute atomic E-state index is 10.8. The quantitative estimate of drug-likeness (QED) is 0.246. The van der Waals surface area contributed by atoms with Gasteiger partial charge in [0.05, 0.1) is 12.2 Å². The molecule has 0 saturated carbocycles. The van der Waals surface area contributed by atoms with E-state index in [4.69, 9.17) is 9.84 Å². The highest BCUT2D eigenvalue weighted by molar-refractivity contribution is 5.87. The third-order valence-corrected chi connectivity index (χ3v) is 4.92. The van der Waals surface area contributed by atoms with E-state index in [9.17, 15) is 4.79 Å². The second-order valence-corrected chi connectivity index (χ2v) is 7.49. The number of ether oxygens (including phenoxy) is 1. The highest BCUT2D eigenvalue weighted by Gasteiger charge is 2.01.